The van der Waals surface area contributed by atoms with Gasteiger partial charge in [0.15, 0.2) is 11.5 Å². The van der Waals surface area contributed by atoms with Crippen molar-refractivity contribution in [3.63, 3.8) is 0 Å². The van der Waals surface area contributed by atoms with E-state index in [4.69, 9.17) is 21.7 Å². The molecule has 2 rings (SSSR count). The summed E-state index contributed by atoms with van der Waals surface area (Å²) in [6.45, 7) is 3.95. The van der Waals surface area contributed by atoms with Gasteiger partial charge < -0.3 is 19.9 Å². The molecule has 0 radical (unpaired) electrons. The van der Waals surface area contributed by atoms with Gasteiger partial charge in [-0.3, -0.25) is 0 Å². The van der Waals surface area contributed by atoms with Gasteiger partial charge in [-0.15, -0.1) is 0 Å². The fraction of sp³-hybridized carbons (Fsp3) is 0.500. The summed E-state index contributed by atoms with van der Waals surface area (Å²) < 4.78 is 10.9. The molecule has 5 heteroatoms. The molecule has 0 aliphatic carbocycles. The summed E-state index contributed by atoms with van der Waals surface area (Å²) in [7, 11) is 0. The molecule has 0 spiro atoms. The Hall–Kier alpha value is -1.33. The van der Waals surface area contributed by atoms with Crippen molar-refractivity contribution in [1.82, 2.24) is 5.32 Å². The van der Waals surface area contributed by atoms with Gasteiger partial charge in [0.25, 0.3) is 0 Å². The number of hydrogen-bond donors (Lipinski definition) is 2. The van der Waals surface area contributed by atoms with Gasteiger partial charge in [0, 0.05) is 18.7 Å². The zero-order chi connectivity index (χ0) is 13.7. The summed E-state index contributed by atoms with van der Waals surface area (Å²) >= 11 is 5.34. The van der Waals surface area contributed by atoms with Crippen LogP contribution in [-0.4, -0.2) is 36.0 Å². The van der Waals surface area contributed by atoms with Crippen LogP contribution in [0.3, 0.4) is 0 Å². The van der Waals surface area contributed by atoms with Crippen molar-refractivity contribution >= 4 is 17.2 Å². The third-order valence-electron chi connectivity index (χ3n) is 3.04. The number of phenolic OH excluding ortho intramolecular Hbond substituents is 1. The Bertz CT molecular complexity index is 444. The van der Waals surface area contributed by atoms with Crippen molar-refractivity contribution in [2.45, 2.75) is 25.9 Å². The average Bonchev–Trinajstić information content (AvgIpc) is 2.92. The van der Waals surface area contributed by atoms with Crippen LogP contribution >= 0.6 is 12.2 Å². The van der Waals surface area contributed by atoms with Gasteiger partial charge in [-0.1, -0.05) is 12.2 Å². The van der Waals surface area contributed by atoms with Crippen LogP contribution in [0.15, 0.2) is 18.2 Å². The molecular formula is C14H19NO3S. The van der Waals surface area contributed by atoms with Crippen LogP contribution in [0.4, 0.5) is 0 Å². The van der Waals surface area contributed by atoms with Crippen LogP contribution in [0.25, 0.3) is 0 Å². The molecule has 1 atom stereocenters. The van der Waals surface area contributed by atoms with Crippen LogP contribution in [0.5, 0.6) is 11.5 Å². The Balaban J connectivity index is 1.95. The van der Waals surface area contributed by atoms with Gasteiger partial charge in [0.05, 0.1) is 12.7 Å². The zero-order valence-corrected chi connectivity index (χ0v) is 11.8. The fourth-order valence-corrected chi connectivity index (χ4v) is 2.25. The molecule has 2 N–H and O–H groups in total. The molecule has 1 saturated heterocycles. The fourth-order valence-electron chi connectivity index (χ4n) is 2.04. The molecule has 19 heavy (non-hydrogen) atoms. The number of benzene rings is 1. The third-order valence-corrected chi connectivity index (χ3v) is 3.42. The third kappa shape index (κ3) is 3.81. The van der Waals surface area contributed by atoms with Crippen molar-refractivity contribution in [1.29, 1.82) is 0 Å². The minimum Gasteiger partial charge on any atom is -0.504 e. The summed E-state index contributed by atoms with van der Waals surface area (Å²) in [4.78, 5) is 0.649. The van der Waals surface area contributed by atoms with Crippen LogP contribution in [-0.2, 0) is 4.74 Å². The number of nitrogens with one attached hydrogen (secondary N) is 1. The number of hydrogen-bond acceptors (Lipinski definition) is 4. The molecular weight excluding hydrogens is 262 g/mol. The lowest BCUT2D eigenvalue weighted by Crippen LogP contribution is -2.31. The smallest absolute Gasteiger partial charge is 0.161 e. The standard InChI is InChI=1S/C14H19NO3S/c1-2-17-13-8-10(5-6-12(13)16)14(19)15-9-11-4-3-7-18-11/h5-6,8,11,16H,2-4,7,9H2,1H3,(H,15,19)/t11-/m0/s1. The van der Waals surface area contributed by atoms with Crippen molar-refractivity contribution in [3.05, 3.63) is 23.8 Å². The lowest BCUT2D eigenvalue weighted by atomic mass is 10.2. The monoisotopic (exact) mass is 281 g/mol. The highest BCUT2D eigenvalue weighted by molar-refractivity contribution is 7.80. The van der Waals surface area contributed by atoms with E-state index in [9.17, 15) is 5.11 Å². The molecule has 0 saturated carbocycles. The van der Waals surface area contributed by atoms with Gasteiger partial charge in [-0.05, 0) is 38.0 Å². The van der Waals surface area contributed by atoms with Crippen LogP contribution in [0.1, 0.15) is 25.3 Å². The van der Waals surface area contributed by atoms with Crippen LogP contribution in [0.2, 0.25) is 0 Å². The van der Waals surface area contributed by atoms with E-state index in [-0.39, 0.29) is 11.9 Å². The largest absolute Gasteiger partial charge is 0.504 e. The number of aromatic hydroxyl groups is 1. The Kier molecular flexibility index (Phi) is 4.99. The molecule has 1 heterocycles. The first-order chi connectivity index (χ1) is 9.20. The highest BCUT2D eigenvalue weighted by atomic mass is 32.1. The normalized spacial score (nSPS) is 18.3. The minimum absolute atomic E-state index is 0.132. The second-order valence-corrected chi connectivity index (χ2v) is 4.87. The number of thiocarbonyl (C=S) groups is 1. The average molecular weight is 281 g/mol. The van der Waals surface area contributed by atoms with Gasteiger partial charge >= 0.3 is 0 Å². The molecule has 0 amide bonds. The van der Waals surface area contributed by atoms with E-state index in [1.165, 1.54) is 0 Å². The lowest BCUT2D eigenvalue weighted by Gasteiger charge is -2.14. The molecule has 1 aromatic carbocycles. The van der Waals surface area contributed by atoms with E-state index in [1.807, 2.05) is 6.92 Å². The Labute approximate surface area is 118 Å². The molecule has 1 fully saturated rings. The SMILES string of the molecule is CCOc1cc(C(=S)NC[C@@H]2CCCO2)ccc1O. The van der Waals surface area contributed by atoms with Crippen molar-refractivity contribution in [2.24, 2.45) is 0 Å². The Morgan fingerprint density at radius 3 is 3.11 bits per heavy atom. The second kappa shape index (κ2) is 6.73. The highest BCUT2D eigenvalue weighted by Crippen LogP contribution is 2.26. The second-order valence-electron chi connectivity index (χ2n) is 4.46. The van der Waals surface area contributed by atoms with E-state index in [0.29, 0.717) is 17.3 Å². The Morgan fingerprint density at radius 1 is 1.58 bits per heavy atom. The van der Waals surface area contributed by atoms with E-state index < -0.39 is 0 Å². The first-order valence-electron chi connectivity index (χ1n) is 6.56. The molecule has 1 aromatic rings. The summed E-state index contributed by atoms with van der Waals surface area (Å²) in [6.07, 6.45) is 2.45. The molecule has 0 unspecified atom stereocenters. The van der Waals surface area contributed by atoms with Gasteiger partial charge in [-0.2, -0.15) is 0 Å². The van der Waals surface area contributed by atoms with Crippen molar-refractivity contribution in [3.8, 4) is 11.5 Å². The summed E-state index contributed by atoms with van der Waals surface area (Å²) in [6, 6.07) is 5.13. The van der Waals surface area contributed by atoms with Crippen molar-refractivity contribution < 1.29 is 14.6 Å². The van der Waals surface area contributed by atoms with Gasteiger partial charge in [0.2, 0.25) is 0 Å². The van der Waals surface area contributed by atoms with Crippen LogP contribution in [0, 0.1) is 0 Å². The number of ether oxygens (including phenoxy) is 2. The first kappa shape index (κ1) is 14.1. The first-order valence-corrected chi connectivity index (χ1v) is 6.97. The molecule has 104 valence electrons. The lowest BCUT2D eigenvalue weighted by molar-refractivity contribution is 0.114. The minimum atomic E-state index is 0.132. The molecule has 1 aliphatic rings. The predicted octanol–water partition coefficient (Wildman–Crippen LogP) is 2.24. The maximum atomic E-state index is 9.64. The maximum Gasteiger partial charge on any atom is 0.161 e. The van der Waals surface area contributed by atoms with E-state index in [1.54, 1.807) is 18.2 Å². The van der Waals surface area contributed by atoms with E-state index in [2.05, 4.69) is 5.32 Å². The van der Waals surface area contributed by atoms with Gasteiger partial charge in [0.1, 0.15) is 4.99 Å². The quantitative estimate of drug-likeness (QED) is 0.811. The molecule has 1 aliphatic heterocycles. The molecule has 4 nitrogen and oxygen atoms in total. The summed E-state index contributed by atoms with van der Waals surface area (Å²) in [5.74, 6) is 0.591. The summed E-state index contributed by atoms with van der Waals surface area (Å²) in [5, 5.41) is 12.8. The maximum absolute atomic E-state index is 9.64. The number of rotatable bonds is 5. The zero-order valence-electron chi connectivity index (χ0n) is 11.0. The Morgan fingerprint density at radius 2 is 2.42 bits per heavy atom. The highest BCUT2D eigenvalue weighted by Gasteiger charge is 2.16. The van der Waals surface area contributed by atoms with E-state index in [0.717, 1.165) is 31.6 Å². The number of phenols is 1. The topological polar surface area (TPSA) is 50.7 Å². The van der Waals surface area contributed by atoms with Crippen molar-refractivity contribution in [2.75, 3.05) is 19.8 Å². The van der Waals surface area contributed by atoms with Crippen LogP contribution < -0.4 is 10.1 Å². The predicted molar refractivity (Wildman–Crippen MR) is 78.0 cm³/mol. The van der Waals surface area contributed by atoms with Gasteiger partial charge in [-0.25, -0.2) is 0 Å². The van der Waals surface area contributed by atoms with E-state index >= 15 is 0 Å². The summed E-state index contributed by atoms with van der Waals surface area (Å²) in [5.41, 5.74) is 0.842. The molecule has 0 aromatic heterocycles. The molecule has 0 bridgehead atoms.